The van der Waals surface area contributed by atoms with E-state index >= 15 is 0 Å². The molecule has 1 atom stereocenters. The molecule has 5 aromatic rings. The summed E-state index contributed by atoms with van der Waals surface area (Å²) in [6.45, 7) is 5.37. The maximum absolute atomic E-state index is 14.3. The second kappa shape index (κ2) is 11.2. The molecule has 0 saturated heterocycles. The van der Waals surface area contributed by atoms with Crippen molar-refractivity contribution in [1.29, 1.82) is 0 Å². The highest BCUT2D eigenvalue weighted by molar-refractivity contribution is 9.10. The number of aromatic nitrogens is 2. The van der Waals surface area contributed by atoms with Gasteiger partial charge < -0.3 is 14.5 Å². The summed E-state index contributed by atoms with van der Waals surface area (Å²) in [7, 11) is 1.57. The number of thiazole rings is 1. The Morgan fingerprint density at radius 1 is 1.10 bits per heavy atom. The highest BCUT2D eigenvalue weighted by atomic mass is 79.9. The van der Waals surface area contributed by atoms with Crippen LogP contribution in [0.1, 0.15) is 37.9 Å². The van der Waals surface area contributed by atoms with Crippen molar-refractivity contribution in [1.82, 2.24) is 9.55 Å². The molecule has 1 aliphatic rings. The Kier molecular flexibility index (Phi) is 7.47. The lowest BCUT2D eigenvalue weighted by atomic mass is 9.95. The van der Waals surface area contributed by atoms with E-state index in [0.29, 0.717) is 31.9 Å². The fourth-order valence-electron chi connectivity index (χ4n) is 5.35. The quantitative estimate of drug-likeness (QED) is 0.227. The van der Waals surface area contributed by atoms with Crippen LogP contribution >= 0.6 is 27.3 Å². The van der Waals surface area contributed by atoms with E-state index in [9.17, 15) is 9.59 Å². The second-order valence-electron chi connectivity index (χ2n) is 10.2. The number of hydrogen-bond acceptors (Lipinski definition) is 6. The lowest BCUT2D eigenvalue weighted by Gasteiger charge is -2.26. The Balaban J connectivity index is 1.63. The molecule has 0 unspecified atom stereocenters. The molecule has 0 spiro atoms. The molecule has 42 heavy (non-hydrogen) atoms. The first-order valence-corrected chi connectivity index (χ1v) is 15.1. The highest BCUT2D eigenvalue weighted by Crippen LogP contribution is 2.37. The topological polar surface area (TPSA) is 85.7 Å². The van der Waals surface area contributed by atoms with Crippen molar-refractivity contribution in [3.8, 4) is 17.0 Å². The van der Waals surface area contributed by atoms with Crippen LogP contribution in [0, 0.1) is 0 Å². The molecule has 212 valence electrons. The van der Waals surface area contributed by atoms with Gasteiger partial charge >= 0.3 is 5.97 Å². The van der Waals surface area contributed by atoms with Gasteiger partial charge in [0.1, 0.15) is 11.8 Å². The summed E-state index contributed by atoms with van der Waals surface area (Å²) < 4.78 is 14.2. The van der Waals surface area contributed by atoms with E-state index in [1.165, 1.54) is 11.3 Å². The van der Waals surface area contributed by atoms with Crippen LogP contribution in [0.15, 0.2) is 98.3 Å². The van der Waals surface area contributed by atoms with Gasteiger partial charge in [-0.2, -0.15) is 0 Å². The number of hydrogen-bond donors (Lipinski definition) is 1. The maximum Gasteiger partial charge on any atom is 0.338 e. The van der Waals surface area contributed by atoms with Gasteiger partial charge in [0.2, 0.25) is 0 Å². The van der Waals surface area contributed by atoms with Crippen molar-refractivity contribution >= 4 is 50.2 Å². The first kappa shape index (κ1) is 27.9. The van der Waals surface area contributed by atoms with Crippen LogP contribution < -0.4 is 19.6 Å². The van der Waals surface area contributed by atoms with Gasteiger partial charge in [-0.05, 0) is 56.7 Å². The van der Waals surface area contributed by atoms with Gasteiger partial charge in [0.15, 0.2) is 4.80 Å². The molecule has 0 bridgehead atoms. The molecule has 3 heterocycles. The van der Waals surface area contributed by atoms with Crippen LogP contribution in [-0.4, -0.2) is 28.7 Å². The number of nitrogens with one attached hydrogen (secondary N) is 1. The number of ether oxygens (including phenoxy) is 2. The van der Waals surface area contributed by atoms with E-state index in [2.05, 4.69) is 20.9 Å². The van der Waals surface area contributed by atoms with E-state index in [-0.39, 0.29) is 11.7 Å². The smallest absolute Gasteiger partial charge is 0.338 e. The summed E-state index contributed by atoms with van der Waals surface area (Å²) in [6.07, 6.45) is 1.58. The monoisotopic (exact) mass is 641 g/mol. The summed E-state index contributed by atoms with van der Waals surface area (Å²) >= 11 is 4.85. The Morgan fingerprint density at radius 3 is 2.57 bits per heavy atom. The molecule has 1 aliphatic heterocycles. The molecular weight excluding hydrogens is 614 g/mol. The van der Waals surface area contributed by atoms with E-state index < -0.39 is 12.0 Å². The molecule has 0 amide bonds. The number of fused-ring (bicyclic) bond motifs is 2. The normalized spacial score (nSPS) is 15.2. The summed E-state index contributed by atoms with van der Waals surface area (Å²) in [5.41, 5.74) is 5.02. The third-order valence-electron chi connectivity index (χ3n) is 7.15. The van der Waals surface area contributed by atoms with Gasteiger partial charge in [0.05, 0.1) is 34.7 Å². The number of allylic oxidation sites excluding steroid dienone is 1. The standard InChI is InChI=1S/C33H28BrN3O4S/c1-18(2)41-32(39)28-19(3)35-33-37(30(28)24-16-21(34)14-15-26(24)40-4)31(38)27(42-33)17-23-22-12-8-9-13-25(22)36-29(23)20-10-6-5-7-11-20/h5-18,30,36H,1-4H3/b27-17-/t30-/m1/s1. The predicted molar refractivity (Wildman–Crippen MR) is 169 cm³/mol. The average Bonchev–Trinajstić information content (AvgIpc) is 3.49. The Labute approximate surface area is 254 Å². The molecule has 1 N–H and O–H groups in total. The minimum absolute atomic E-state index is 0.252. The zero-order valence-electron chi connectivity index (χ0n) is 23.5. The van der Waals surface area contributed by atoms with Gasteiger partial charge in [0, 0.05) is 26.5 Å². The zero-order chi connectivity index (χ0) is 29.5. The minimum Gasteiger partial charge on any atom is -0.496 e. The molecule has 0 saturated carbocycles. The molecule has 2 aromatic heterocycles. The number of benzene rings is 3. The summed E-state index contributed by atoms with van der Waals surface area (Å²) in [4.78, 5) is 36.6. The van der Waals surface area contributed by atoms with Gasteiger partial charge in [0.25, 0.3) is 5.56 Å². The number of halogens is 1. The van der Waals surface area contributed by atoms with Gasteiger partial charge in [-0.1, -0.05) is 75.8 Å². The van der Waals surface area contributed by atoms with Gasteiger partial charge in [-0.25, -0.2) is 9.79 Å². The minimum atomic E-state index is -0.793. The summed E-state index contributed by atoms with van der Waals surface area (Å²) in [5, 5.41) is 1.00. The van der Waals surface area contributed by atoms with E-state index in [1.54, 1.807) is 32.4 Å². The van der Waals surface area contributed by atoms with Crippen LogP contribution in [0.25, 0.3) is 28.2 Å². The van der Waals surface area contributed by atoms with Crippen LogP contribution in [0.4, 0.5) is 0 Å². The van der Waals surface area contributed by atoms with Crippen molar-refractivity contribution in [2.45, 2.75) is 32.9 Å². The number of nitrogens with zero attached hydrogens (tertiary/aromatic N) is 2. The number of para-hydroxylation sites is 1. The molecule has 0 radical (unpaired) electrons. The average molecular weight is 643 g/mol. The lowest BCUT2D eigenvalue weighted by Crippen LogP contribution is -2.40. The van der Waals surface area contributed by atoms with Crippen molar-refractivity contribution in [2.24, 2.45) is 4.99 Å². The van der Waals surface area contributed by atoms with E-state index in [4.69, 9.17) is 14.5 Å². The fourth-order valence-corrected chi connectivity index (χ4v) is 6.76. The Bertz CT molecular complexity index is 2050. The fraction of sp³-hybridized carbons (Fsp3) is 0.182. The van der Waals surface area contributed by atoms with Crippen molar-refractivity contribution in [3.05, 3.63) is 119 Å². The first-order chi connectivity index (χ1) is 20.3. The number of aromatic amines is 1. The van der Waals surface area contributed by atoms with Crippen molar-refractivity contribution < 1.29 is 14.3 Å². The molecule has 3 aromatic carbocycles. The third kappa shape index (κ3) is 4.92. The number of methoxy groups -OCH3 is 1. The van der Waals surface area contributed by atoms with E-state index in [0.717, 1.165) is 32.2 Å². The SMILES string of the molecule is COc1ccc(Br)cc1[C@@H]1C(C(=O)OC(C)C)=C(C)N=c2s/c(=C\c3c(-c4ccccc4)[nH]c4ccccc34)c(=O)n21. The number of carbonyl (C=O) groups excluding carboxylic acids is 1. The Morgan fingerprint density at radius 2 is 1.83 bits per heavy atom. The number of esters is 1. The largest absolute Gasteiger partial charge is 0.496 e. The number of rotatable bonds is 6. The van der Waals surface area contributed by atoms with Gasteiger partial charge in [-0.15, -0.1) is 0 Å². The Hall–Kier alpha value is -4.21. The summed E-state index contributed by atoms with van der Waals surface area (Å²) in [5.74, 6) is 0.0286. The second-order valence-corrected chi connectivity index (χ2v) is 12.2. The summed E-state index contributed by atoms with van der Waals surface area (Å²) in [6, 6.07) is 22.8. The van der Waals surface area contributed by atoms with Crippen LogP contribution in [0.2, 0.25) is 0 Å². The van der Waals surface area contributed by atoms with Crippen molar-refractivity contribution in [2.75, 3.05) is 7.11 Å². The van der Waals surface area contributed by atoms with Crippen LogP contribution in [0.3, 0.4) is 0 Å². The van der Waals surface area contributed by atoms with Crippen molar-refractivity contribution in [3.63, 3.8) is 0 Å². The lowest BCUT2D eigenvalue weighted by molar-refractivity contribution is -0.143. The van der Waals surface area contributed by atoms with Crippen LogP contribution in [-0.2, 0) is 9.53 Å². The number of carbonyl (C=O) groups is 1. The molecule has 7 nitrogen and oxygen atoms in total. The molecule has 0 fully saturated rings. The highest BCUT2D eigenvalue weighted by Gasteiger charge is 2.35. The molecule has 0 aliphatic carbocycles. The zero-order valence-corrected chi connectivity index (χ0v) is 25.9. The third-order valence-corrected chi connectivity index (χ3v) is 8.63. The number of H-pyrrole nitrogens is 1. The molecular formula is C33H28BrN3O4S. The molecule has 9 heteroatoms. The first-order valence-electron chi connectivity index (χ1n) is 13.5. The van der Waals surface area contributed by atoms with Crippen LogP contribution in [0.5, 0.6) is 5.75 Å². The van der Waals surface area contributed by atoms with Gasteiger partial charge in [-0.3, -0.25) is 9.36 Å². The maximum atomic E-state index is 14.3. The van der Waals surface area contributed by atoms with E-state index in [1.807, 2.05) is 78.9 Å². The predicted octanol–water partition coefficient (Wildman–Crippen LogP) is 6.11. The molecule has 6 rings (SSSR count).